The minimum absolute atomic E-state index is 0.120. The molecule has 2 heteroatoms. The van der Waals surface area contributed by atoms with Gasteiger partial charge in [0, 0.05) is 6.92 Å². The van der Waals surface area contributed by atoms with Crippen molar-refractivity contribution in [3.05, 3.63) is 12.2 Å². The fourth-order valence-corrected chi connectivity index (χ4v) is 0.691. The van der Waals surface area contributed by atoms with Gasteiger partial charge in [0.15, 0.2) is 0 Å². The zero-order valence-electron chi connectivity index (χ0n) is 8.30. The molecule has 0 heterocycles. The summed E-state index contributed by atoms with van der Waals surface area (Å²) in [5.74, 6) is 4.91. The van der Waals surface area contributed by atoms with Gasteiger partial charge >= 0.3 is 0 Å². The molecule has 0 bridgehead atoms. The highest BCUT2D eigenvalue weighted by Gasteiger charge is 1.80. The molecule has 0 atom stereocenters. The van der Waals surface area contributed by atoms with Crippen molar-refractivity contribution in [3.63, 3.8) is 0 Å². The fourth-order valence-electron chi connectivity index (χ4n) is 0.691. The first-order chi connectivity index (χ1) is 6.27. The van der Waals surface area contributed by atoms with Crippen LogP contribution in [0.2, 0.25) is 0 Å². The highest BCUT2D eigenvalue weighted by Crippen LogP contribution is 1.87. The van der Waals surface area contributed by atoms with Gasteiger partial charge in [-0.05, 0) is 12.3 Å². The van der Waals surface area contributed by atoms with Crippen LogP contribution < -0.4 is 0 Å². The molecule has 0 saturated carbocycles. The lowest BCUT2D eigenvalue weighted by atomic mass is 10.3. The Morgan fingerprint density at radius 3 is 2.85 bits per heavy atom. The monoisotopic (exact) mass is 180 g/mol. The van der Waals surface area contributed by atoms with Gasteiger partial charge in [-0.25, -0.2) is 0 Å². The normalized spacial score (nSPS) is 9.69. The summed E-state index contributed by atoms with van der Waals surface area (Å²) in [6, 6.07) is 0. The van der Waals surface area contributed by atoms with Gasteiger partial charge in [-0.3, -0.25) is 4.79 Å². The number of carbonyl (C=O) groups excluding carboxylic acids is 1. The van der Waals surface area contributed by atoms with E-state index < -0.39 is 0 Å². The third-order valence-corrected chi connectivity index (χ3v) is 1.27. The second-order valence-corrected chi connectivity index (χ2v) is 2.63. The predicted octanol–water partition coefficient (Wildman–Crippen LogP) is 1.95. The van der Waals surface area contributed by atoms with E-state index in [2.05, 4.69) is 24.8 Å². The standard InChI is InChI=1S/C11H16O2/c1-3-4-5-6-9-13-10-7-8-11(2)12/h5-6H,3-4,9-10H2,1-2H3/b6-5-. The molecule has 0 aliphatic rings. The Bertz CT molecular complexity index is 218. The lowest BCUT2D eigenvalue weighted by molar-refractivity contribution is -0.111. The molecule has 0 aliphatic carbocycles. The molecule has 0 spiro atoms. The summed E-state index contributed by atoms with van der Waals surface area (Å²) in [6.45, 7) is 4.47. The second-order valence-electron chi connectivity index (χ2n) is 2.63. The number of allylic oxidation sites excluding steroid dienone is 1. The van der Waals surface area contributed by atoms with E-state index in [4.69, 9.17) is 4.74 Å². The van der Waals surface area contributed by atoms with E-state index in [1.807, 2.05) is 6.08 Å². The molecular formula is C11H16O2. The Morgan fingerprint density at radius 2 is 2.23 bits per heavy atom. The van der Waals surface area contributed by atoms with E-state index >= 15 is 0 Å². The molecule has 0 amide bonds. The summed E-state index contributed by atoms with van der Waals surface area (Å²) in [7, 11) is 0. The summed E-state index contributed by atoms with van der Waals surface area (Å²) >= 11 is 0. The van der Waals surface area contributed by atoms with E-state index in [9.17, 15) is 4.79 Å². The van der Waals surface area contributed by atoms with Crippen LogP contribution in [0.5, 0.6) is 0 Å². The van der Waals surface area contributed by atoms with E-state index in [0.29, 0.717) is 13.2 Å². The number of unbranched alkanes of at least 4 members (excludes halogenated alkanes) is 1. The van der Waals surface area contributed by atoms with Crippen LogP contribution in [0.3, 0.4) is 0 Å². The molecule has 0 aromatic heterocycles. The Balaban J connectivity index is 3.27. The average molecular weight is 180 g/mol. The van der Waals surface area contributed by atoms with Crippen molar-refractivity contribution in [1.82, 2.24) is 0 Å². The number of hydrogen-bond acceptors (Lipinski definition) is 2. The average Bonchev–Trinajstić information content (AvgIpc) is 2.09. The lowest BCUT2D eigenvalue weighted by Crippen LogP contribution is -1.92. The molecular weight excluding hydrogens is 164 g/mol. The Kier molecular flexibility index (Phi) is 8.28. The summed E-state index contributed by atoms with van der Waals surface area (Å²) in [6.07, 6.45) is 6.29. The van der Waals surface area contributed by atoms with Crippen LogP contribution >= 0.6 is 0 Å². The van der Waals surface area contributed by atoms with Gasteiger partial charge in [-0.2, -0.15) is 0 Å². The summed E-state index contributed by atoms with van der Waals surface area (Å²) in [5, 5.41) is 0. The highest BCUT2D eigenvalue weighted by molar-refractivity contribution is 5.93. The number of hydrogen-bond donors (Lipinski definition) is 0. The maximum Gasteiger partial charge on any atom is 0.202 e. The quantitative estimate of drug-likeness (QED) is 0.280. The summed E-state index contributed by atoms with van der Waals surface area (Å²) < 4.78 is 5.12. The first-order valence-corrected chi connectivity index (χ1v) is 4.49. The third kappa shape index (κ3) is 10.9. The molecule has 0 fully saturated rings. The van der Waals surface area contributed by atoms with Crippen LogP contribution in [0.15, 0.2) is 12.2 Å². The van der Waals surface area contributed by atoms with Gasteiger partial charge in [0.25, 0.3) is 0 Å². The molecule has 0 unspecified atom stereocenters. The third-order valence-electron chi connectivity index (χ3n) is 1.27. The first kappa shape index (κ1) is 11.9. The smallest absolute Gasteiger partial charge is 0.202 e. The van der Waals surface area contributed by atoms with E-state index in [-0.39, 0.29) is 5.78 Å². The molecule has 13 heavy (non-hydrogen) atoms. The molecule has 0 rings (SSSR count). The van der Waals surface area contributed by atoms with Crippen LogP contribution in [0, 0.1) is 11.8 Å². The first-order valence-electron chi connectivity index (χ1n) is 4.49. The zero-order chi connectivity index (χ0) is 9.94. The van der Waals surface area contributed by atoms with Gasteiger partial charge in [0.2, 0.25) is 5.78 Å². The van der Waals surface area contributed by atoms with Gasteiger partial charge < -0.3 is 4.74 Å². The van der Waals surface area contributed by atoms with Gasteiger partial charge in [0.05, 0.1) is 6.61 Å². The summed E-state index contributed by atoms with van der Waals surface area (Å²) in [4.78, 5) is 10.4. The molecule has 0 N–H and O–H groups in total. The van der Waals surface area contributed by atoms with Gasteiger partial charge in [0.1, 0.15) is 6.61 Å². The van der Waals surface area contributed by atoms with Gasteiger partial charge in [-0.1, -0.05) is 31.4 Å². The molecule has 2 nitrogen and oxygen atoms in total. The van der Waals surface area contributed by atoms with Crippen molar-refractivity contribution >= 4 is 5.78 Å². The fraction of sp³-hybridized carbons (Fsp3) is 0.545. The molecule has 0 aromatic carbocycles. The van der Waals surface area contributed by atoms with Crippen molar-refractivity contribution in [2.75, 3.05) is 13.2 Å². The molecule has 0 aromatic rings. The molecule has 72 valence electrons. The maximum atomic E-state index is 10.4. The Labute approximate surface area is 80.0 Å². The van der Waals surface area contributed by atoms with Crippen LogP contribution in [-0.2, 0) is 9.53 Å². The van der Waals surface area contributed by atoms with Crippen LogP contribution in [0.25, 0.3) is 0 Å². The number of carbonyl (C=O) groups is 1. The van der Waals surface area contributed by atoms with E-state index in [1.165, 1.54) is 6.92 Å². The SMILES string of the molecule is CCC/C=C\COCC#CC(C)=O. The summed E-state index contributed by atoms with van der Waals surface area (Å²) in [5.41, 5.74) is 0. The minimum atomic E-state index is -0.120. The number of Topliss-reactive ketones (excluding diaryl/α,β-unsaturated/α-hetero) is 1. The number of rotatable bonds is 5. The van der Waals surface area contributed by atoms with Crippen molar-refractivity contribution in [1.29, 1.82) is 0 Å². The van der Waals surface area contributed by atoms with Gasteiger partial charge in [-0.15, -0.1) is 0 Å². The second kappa shape index (κ2) is 9.02. The van der Waals surface area contributed by atoms with Crippen LogP contribution in [-0.4, -0.2) is 19.0 Å². The van der Waals surface area contributed by atoms with Crippen molar-refractivity contribution in [2.24, 2.45) is 0 Å². The van der Waals surface area contributed by atoms with Crippen molar-refractivity contribution in [2.45, 2.75) is 26.7 Å². The van der Waals surface area contributed by atoms with E-state index in [0.717, 1.165) is 12.8 Å². The van der Waals surface area contributed by atoms with Crippen molar-refractivity contribution in [3.8, 4) is 11.8 Å². The maximum absolute atomic E-state index is 10.4. The lowest BCUT2D eigenvalue weighted by Gasteiger charge is -1.91. The van der Waals surface area contributed by atoms with Crippen molar-refractivity contribution < 1.29 is 9.53 Å². The highest BCUT2D eigenvalue weighted by atomic mass is 16.5. The Morgan fingerprint density at radius 1 is 1.46 bits per heavy atom. The topological polar surface area (TPSA) is 26.3 Å². The van der Waals surface area contributed by atoms with E-state index in [1.54, 1.807) is 0 Å². The Hall–Kier alpha value is -1.07. The molecule has 0 aliphatic heterocycles. The number of ketones is 1. The van der Waals surface area contributed by atoms with Crippen LogP contribution in [0.1, 0.15) is 26.7 Å². The molecule has 0 radical (unpaired) electrons. The zero-order valence-corrected chi connectivity index (χ0v) is 8.30. The largest absolute Gasteiger partial charge is 0.365 e. The molecule has 0 saturated heterocycles. The minimum Gasteiger partial charge on any atom is -0.365 e. The number of ether oxygens (including phenoxy) is 1. The van der Waals surface area contributed by atoms with Crippen LogP contribution in [0.4, 0.5) is 0 Å². The predicted molar refractivity (Wildman–Crippen MR) is 53.3 cm³/mol.